The highest BCUT2D eigenvalue weighted by Crippen LogP contribution is 2.37. The first kappa shape index (κ1) is 12.7. The van der Waals surface area contributed by atoms with Crippen LogP contribution in [0.3, 0.4) is 0 Å². The van der Waals surface area contributed by atoms with E-state index in [4.69, 9.17) is 0 Å². The zero-order valence-electron chi connectivity index (χ0n) is 11.1. The maximum absolute atomic E-state index is 9.69. The van der Waals surface area contributed by atoms with Crippen molar-refractivity contribution in [3.05, 3.63) is 47.5 Å². The molecule has 3 rings (SSSR count). The fourth-order valence-corrected chi connectivity index (χ4v) is 2.67. The number of benzene rings is 2. The highest BCUT2D eigenvalue weighted by atomic mass is 16.3. The van der Waals surface area contributed by atoms with Crippen LogP contribution in [-0.4, -0.2) is 21.9 Å². The number of phenols is 3. The summed E-state index contributed by atoms with van der Waals surface area (Å²) in [6.45, 7) is 1.63. The van der Waals surface area contributed by atoms with Crippen molar-refractivity contribution in [2.75, 3.05) is 11.4 Å². The van der Waals surface area contributed by atoms with E-state index < -0.39 is 0 Å². The molecule has 0 fully saturated rings. The molecule has 0 saturated heterocycles. The van der Waals surface area contributed by atoms with Gasteiger partial charge in [0.25, 0.3) is 0 Å². The van der Waals surface area contributed by atoms with Crippen LogP contribution in [0.2, 0.25) is 0 Å². The fourth-order valence-electron chi connectivity index (χ4n) is 2.67. The van der Waals surface area contributed by atoms with Gasteiger partial charge >= 0.3 is 0 Å². The SMILES string of the molecule is Oc1ccc(CN2CCCc3cc(O)c(O)cc32)cc1. The van der Waals surface area contributed by atoms with E-state index in [1.807, 2.05) is 12.1 Å². The molecule has 104 valence electrons. The van der Waals surface area contributed by atoms with Crippen LogP contribution in [0.1, 0.15) is 17.5 Å². The summed E-state index contributed by atoms with van der Waals surface area (Å²) in [5, 5.41) is 28.6. The standard InChI is InChI=1S/C16H17NO3/c18-13-5-3-11(4-6-13)10-17-7-1-2-12-8-15(19)16(20)9-14(12)17/h3-6,8-9,18-20H,1-2,7,10H2. The first-order valence-corrected chi connectivity index (χ1v) is 6.71. The molecule has 0 aromatic heterocycles. The number of nitrogens with zero attached hydrogens (tertiary/aromatic N) is 1. The molecule has 2 aromatic carbocycles. The van der Waals surface area contributed by atoms with Gasteiger partial charge in [0.1, 0.15) is 5.75 Å². The molecule has 0 spiro atoms. The lowest BCUT2D eigenvalue weighted by Crippen LogP contribution is -2.28. The lowest BCUT2D eigenvalue weighted by molar-refractivity contribution is 0.402. The molecule has 0 unspecified atom stereocenters. The number of rotatable bonds is 2. The van der Waals surface area contributed by atoms with E-state index in [1.54, 1.807) is 24.3 Å². The van der Waals surface area contributed by atoms with Gasteiger partial charge in [0.05, 0.1) is 0 Å². The quantitative estimate of drug-likeness (QED) is 0.735. The first-order valence-electron chi connectivity index (χ1n) is 6.71. The van der Waals surface area contributed by atoms with E-state index in [-0.39, 0.29) is 17.2 Å². The molecule has 1 aliphatic rings. The van der Waals surface area contributed by atoms with E-state index in [9.17, 15) is 15.3 Å². The Balaban J connectivity index is 1.89. The third-order valence-corrected chi connectivity index (χ3v) is 3.70. The summed E-state index contributed by atoms with van der Waals surface area (Å²) in [6, 6.07) is 10.4. The summed E-state index contributed by atoms with van der Waals surface area (Å²) in [4.78, 5) is 2.18. The molecule has 0 atom stereocenters. The summed E-state index contributed by atoms with van der Waals surface area (Å²) in [5.41, 5.74) is 3.13. The Morgan fingerprint density at radius 1 is 0.950 bits per heavy atom. The van der Waals surface area contributed by atoms with Gasteiger partial charge in [-0.05, 0) is 42.2 Å². The van der Waals surface area contributed by atoms with Crippen molar-refractivity contribution in [2.45, 2.75) is 19.4 Å². The topological polar surface area (TPSA) is 63.9 Å². The average Bonchev–Trinajstić information content (AvgIpc) is 2.43. The predicted molar refractivity (Wildman–Crippen MR) is 77.2 cm³/mol. The average molecular weight is 271 g/mol. The number of phenolic OH excluding ortho intramolecular Hbond substituents is 3. The van der Waals surface area contributed by atoms with Gasteiger partial charge in [-0.1, -0.05) is 12.1 Å². The molecule has 3 N–H and O–H groups in total. The predicted octanol–water partition coefficient (Wildman–Crippen LogP) is 2.76. The Hall–Kier alpha value is -2.36. The summed E-state index contributed by atoms with van der Waals surface area (Å²) in [7, 11) is 0. The number of aryl methyl sites for hydroxylation is 1. The van der Waals surface area contributed by atoms with Crippen molar-refractivity contribution in [1.29, 1.82) is 0 Å². The largest absolute Gasteiger partial charge is 0.508 e. The van der Waals surface area contributed by atoms with Crippen LogP contribution < -0.4 is 4.90 Å². The number of anilines is 1. The molecule has 0 amide bonds. The van der Waals surface area contributed by atoms with Crippen molar-refractivity contribution in [2.24, 2.45) is 0 Å². The Bertz CT molecular complexity index is 622. The summed E-state index contributed by atoms with van der Waals surface area (Å²) >= 11 is 0. The molecule has 1 heterocycles. The molecule has 4 heteroatoms. The third kappa shape index (κ3) is 2.37. The molecule has 0 radical (unpaired) electrons. The molecule has 2 aromatic rings. The van der Waals surface area contributed by atoms with E-state index >= 15 is 0 Å². The van der Waals surface area contributed by atoms with E-state index in [2.05, 4.69) is 4.90 Å². The minimum absolute atomic E-state index is 0.0600. The highest BCUT2D eigenvalue weighted by Gasteiger charge is 2.19. The fraction of sp³-hybridized carbons (Fsp3) is 0.250. The van der Waals surface area contributed by atoms with Gasteiger partial charge in [0.2, 0.25) is 0 Å². The van der Waals surface area contributed by atoms with Crippen LogP contribution in [0.25, 0.3) is 0 Å². The number of hydrogen-bond acceptors (Lipinski definition) is 4. The minimum Gasteiger partial charge on any atom is -0.508 e. The molecule has 0 saturated carbocycles. The van der Waals surface area contributed by atoms with Gasteiger partial charge in [0, 0.05) is 24.8 Å². The number of hydrogen-bond donors (Lipinski definition) is 3. The molecule has 0 aliphatic carbocycles. The smallest absolute Gasteiger partial charge is 0.159 e. The molecule has 1 aliphatic heterocycles. The third-order valence-electron chi connectivity index (χ3n) is 3.70. The maximum atomic E-state index is 9.69. The Morgan fingerprint density at radius 2 is 1.65 bits per heavy atom. The summed E-state index contributed by atoms with van der Waals surface area (Å²) < 4.78 is 0. The van der Waals surface area contributed by atoms with E-state index in [0.717, 1.165) is 42.7 Å². The second-order valence-electron chi connectivity index (χ2n) is 5.16. The monoisotopic (exact) mass is 271 g/mol. The van der Waals surface area contributed by atoms with Crippen molar-refractivity contribution >= 4 is 5.69 Å². The van der Waals surface area contributed by atoms with Crippen molar-refractivity contribution in [3.63, 3.8) is 0 Å². The van der Waals surface area contributed by atoms with Gasteiger partial charge in [-0.3, -0.25) is 0 Å². The maximum Gasteiger partial charge on any atom is 0.159 e. The normalized spacial score (nSPS) is 14.1. The summed E-state index contributed by atoms with van der Waals surface area (Å²) in [6.07, 6.45) is 1.94. The zero-order valence-corrected chi connectivity index (χ0v) is 11.1. The lowest BCUT2D eigenvalue weighted by atomic mass is 10.00. The molecule has 20 heavy (non-hydrogen) atoms. The lowest BCUT2D eigenvalue weighted by Gasteiger charge is -2.31. The van der Waals surface area contributed by atoms with Crippen LogP contribution in [0, 0.1) is 0 Å². The molecular formula is C16H17NO3. The second-order valence-corrected chi connectivity index (χ2v) is 5.16. The molecule has 4 nitrogen and oxygen atoms in total. The van der Waals surface area contributed by atoms with Crippen LogP contribution in [-0.2, 0) is 13.0 Å². The highest BCUT2D eigenvalue weighted by molar-refractivity contribution is 5.62. The van der Waals surface area contributed by atoms with Crippen LogP contribution in [0.15, 0.2) is 36.4 Å². The van der Waals surface area contributed by atoms with Crippen LogP contribution in [0.5, 0.6) is 17.2 Å². The van der Waals surface area contributed by atoms with Crippen molar-refractivity contribution in [3.8, 4) is 17.2 Å². The number of aromatic hydroxyl groups is 3. The van der Waals surface area contributed by atoms with Crippen LogP contribution in [0.4, 0.5) is 5.69 Å². The summed E-state index contributed by atoms with van der Waals surface area (Å²) in [5.74, 6) is 0.118. The molecule has 0 bridgehead atoms. The van der Waals surface area contributed by atoms with E-state index in [0.29, 0.717) is 0 Å². The molecular weight excluding hydrogens is 254 g/mol. The zero-order chi connectivity index (χ0) is 14.1. The van der Waals surface area contributed by atoms with Gasteiger partial charge in [0.15, 0.2) is 11.5 Å². The Labute approximate surface area is 117 Å². The van der Waals surface area contributed by atoms with E-state index in [1.165, 1.54) is 0 Å². The minimum atomic E-state index is -0.0821. The Morgan fingerprint density at radius 3 is 2.40 bits per heavy atom. The van der Waals surface area contributed by atoms with Crippen LogP contribution >= 0.6 is 0 Å². The van der Waals surface area contributed by atoms with Gasteiger partial charge in [-0.2, -0.15) is 0 Å². The number of fused-ring (bicyclic) bond motifs is 1. The van der Waals surface area contributed by atoms with Gasteiger partial charge in [-0.15, -0.1) is 0 Å². The van der Waals surface area contributed by atoms with Gasteiger partial charge in [-0.25, -0.2) is 0 Å². The first-order chi connectivity index (χ1) is 9.63. The van der Waals surface area contributed by atoms with Gasteiger partial charge < -0.3 is 20.2 Å². The Kier molecular flexibility index (Phi) is 3.14. The second kappa shape index (κ2) is 4.96. The van der Waals surface area contributed by atoms with Crippen molar-refractivity contribution < 1.29 is 15.3 Å². The van der Waals surface area contributed by atoms with Crippen molar-refractivity contribution in [1.82, 2.24) is 0 Å².